The van der Waals surface area contributed by atoms with Crippen molar-refractivity contribution in [3.8, 4) is 11.7 Å². The van der Waals surface area contributed by atoms with Gasteiger partial charge < -0.3 is 24.4 Å². The lowest BCUT2D eigenvalue weighted by atomic mass is 10.2. The smallest absolute Gasteiger partial charge is 0.413 e. The fraction of sp³-hybridized carbons (Fsp3) is 0.385. The minimum atomic E-state index is -2.92. The van der Waals surface area contributed by atoms with E-state index in [0.717, 1.165) is 0 Å². The van der Waals surface area contributed by atoms with E-state index in [0.29, 0.717) is 43.3 Å². The number of aromatic nitrogens is 6. The third-order valence-corrected chi connectivity index (χ3v) is 5.84. The number of hydrogen-bond acceptors (Lipinski definition) is 11. The van der Waals surface area contributed by atoms with Crippen LogP contribution < -0.4 is 20.3 Å². The number of fused-ring (bicyclic) bond motifs is 1. The maximum Gasteiger partial charge on any atom is 0.413 e. The Morgan fingerprint density at radius 3 is 2.46 bits per heavy atom. The Balaban J connectivity index is 1.51. The summed E-state index contributed by atoms with van der Waals surface area (Å²) in [5.41, 5.74) is 0.432. The molecule has 3 aromatic heterocycles. The van der Waals surface area contributed by atoms with Crippen molar-refractivity contribution in [3.05, 3.63) is 42.4 Å². The Labute approximate surface area is 233 Å². The van der Waals surface area contributed by atoms with Crippen LogP contribution >= 0.6 is 0 Å². The molecule has 1 aliphatic heterocycles. The molecule has 15 heteroatoms. The van der Waals surface area contributed by atoms with Gasteiger partial charge in [0.05, 0.1) is 37.7 Å². The summed E-state index contributed by atoms with van der Waals surface area (Å²) in [7, 11) is 1.44. The SMILES string of the molecule is COc1cccc2c1nc(C(F)F)n2-c1nc(Nc2ccc(NC(=O)OC(C)(C)C)nc2)nc(N2CCOCC2)n1. The lowest BCUT2D eigenvalue weighted by Gasteiger charge is -2.27. The Morgan fingerprint density at radius 1 is 1.05 bits per heavy atom. The molecule has 0 bridgehead atoms. The molecule has 1 aliphatic rings. The van der Waals surface area contributed by atoms with E-state index in [1.165, 1.54) is 17.9 Å². The van der Waals surface area contributed by atoms with Crippen LogP contribution in [-0.2, 0) is 9.47 Å². The van der Waals surface area contributed by atoms with Crippen LogP contribution in [0.5, 0.6) is 5.75 Å². The third-order valence-electron chi connectivity index (χ3n) is 5.84. The molecule has 0 unspecified atom stereocenters. The molecular formula is C26H29F2N9O4. The summed E-state index contributed by atoms with van der Waals surface area (Å²) in [5.74, 6) is 0.406. The summed E-state index contributed by atoms with van der Waals surface area (Å²) in [6.45, 7) is 7.23. The molecular weight excluding hydrogens is 540 g/mol. The Kier molecular flexibility index (Phi) is 7.79. The molecule has 1 fully saturated rings. The summed E-state index contributed by atoms with van der Waals surface area (Å²) in [5, 5.41) is 5.61. The number of benzene rings is 1. The number of nitrogens with one attached hydrogen (secondary N) is 2. The van der Waals surface area contributed by atoms with E-state index >= 15 is 0 Å². The highest BCUT2D eigenvalue weighted by Gasteiger charge is 2.26. The zero-order valence-electron chi connectivity index (χ0n) is 22.9. The van der Waals surface area contributed by atoms with E-state index in [1.54, 1.807) is 51.1 Å². The van der Waals surface area contributed by atoms with Gasteiger partial charge in [-0.2, -0.15) is 15.0 Å². The predicted octanol–water partition coefficient (Wildman–Crippen LogP) is 4.48. The summed E-state index contributed by atoms with van der Waals surface area (Å²) < 4.78 is 45.7. The van der Waals surface area contributed by atoms with Gasteiger partial charge in [0.25, 0.3) is 6.43 Å². The lowest BCUT2D eigenvalue weighted by molar-refractivity contribution is 0.0635. The molecule has 2 N–H and O–H groups in total. The molecule has 4 aromatic rings. The molecule has 13 nitrogen and oxygen atoms in total. The highest BCUT2D eigenvalue weighted by atomic mass is 19.3. The number of imidazole rings is 1. The summed E-state index contributed by atoms with van der Waals surface area (Å²) in [6.07, 6.45) is -2.09. The van der Waals surface area contributed by atoms with Crippen LogP contribution in [0.3, 0.4) is 0 Å². The van der Waals surface area contributed by atoms with Crippen LogP contribution in [0, 0.1) is 0 Å². The van der Waals surface area contributed by atoms with Crippen LogP contribution in [0.15, 0.2) is 36.5 Å². The van der Waals surface area contributed by atoms with Crippen LogP contribution in [0.1, 0.15) is 33.0 Å². The number of alkyl halides is 2. The molecule has 0 aliphatic carbocycles. The van der Waals surface area contributed by atoms with E-state index in [1.807, 2.05) is 4.90 Å². The largest absolute Gasteiger partial charge is 0.494 e. The van der Waals surface area contributed by atoms with Gasteiger partial charge in [-0.1, -0.05) is 6.07 Å². The molecule has 5 rings (SSSR count). The first kappa shape index (κ1) is 27.9. The molecule has 1 amide bonds. The van der Waals surface area contributed by atoms with E-state index < -0.39 is 23.9 Å². The number of amides is 1. The standard InChI is InChI=1S/C26H29F2N9O4/c1-26(2,3)41-25(38)31-18-9-8-15(14-29-18)30-22-33-23(36-10-12-40-13-11-36)35-24(34-22)37-16-6-5-7-17(39-4)19(16)32-21(37)20(27)28/h5-9,14,20H,10-13H2,1-4H3,(H,29,31,38)(H,30,33,34,35). The average molecular weight is 570 g/mol. The van der Waals surface area contributed by atoms with Crippen molar-refractivity contribution in [2.24, 2.45) is 0 Å². The number of hydrogen-bond donors (Lipinski definition) is 2. The molecule has 216 valence electrons. The lowest BCUT2D eigenvalue weighted by Crippen LogP contribution is -2.37. The van der Waals surface area contributed by atoms with E-state index in [9.17, 15) is 13.6 Å². The van der Waals surface area contributed by atoms with Gasteiger partial charge in [-0.3, -0.25) is 9.88 Å². The molecule has 0 spiro atoms. The van der Waals surface area contributed by atoms with Crippen molar-refractivity contribution < 1.29 is 27.8 Å². The van der Waals surface area contributed by atoms with Crippen molar-refractivity contribution in [1.29, 1.82) is 0 Å². The number of pyridine rings is 1. The van der Waals surface area contributed by atoms with Gasteiger partial charge >= 0.3 is 6.09 Å². The predicted molar refractivity (Wildman–Crippen MR) is 146 cm³/mol. The molecule has 0 atom stereocenters. The van der Waals surface area contributed by atoms with Crippen molar-refractivity contribution in [1.82, 2.24) is 29.5 Å². The second-order valence-electron chi connectivity index (χ2n) is 9.98. The van der Waals surface area contributed by atoms with Gasteiger partial charge in [0.2, 0.25) is 17.8 Å². The topological polar surface area (TPSA) is 141 Å². The molecule has 1 saturated heterocycles. The van der Waals surface area contributed by atoms with Crippen molar-refractivity contribution in [2.45, 2.75) is 32.8 Å². The normalized spacial score (nSPS) is 13.9. The quantitative estimate of drug-likeness (QED) is 0.325. The first-order valence-electron chi connectivity index (χ1n) is 12.8. The molecule has 0 radical (unpaired) electrons. The number of ether oxygens (including phenoxy) is 3. The third kappa shape index (κ3) is 6.40. The van der Waals surface area contributed by atoms with E-state index in [4.69, 9.17) is 14.2 Å². The van der Waals surface area contributed by atoms with Crippen LogP contribution in [-0.4, -0.2) is 74.6 Å². The summed E-state index contributed by atoms with van der Waals surface area (Å²) in [4.78, 5) is 35.9. The molecule has 4 heterocycles. The van der Waals surface area contributed by atoms with Crippen LogP contribution in [0.2, 0.25) is 0 Å². The first-order chi connectivity index (χ1) is 19.6. The summed E-state index contributed by atoms with van der Waals surface area (Å²) in [6, 6.07) is 8.18. The highest BCUT2D eigenvalue weighted by Crippen LogP contribution is 2.32. The molecule has 1 aromatic carbocycles. The van der Waals surface area contributed by atoms with Gasteiger partial charge in [0, 0.05) is 13.1 Å². The van der Waals surface area contributed by atoms with Gasteiger partial charge in [-0.15, -0.1) is 0 Å². The number of carbonyl (C=O) groups is 1. The minimum absolute atomic E-state index is 0.0498. The number of morpholine rings is 1. The first-order valence-corrected chi connectivity index (χ1v) is 12.8. The van der Waals surface area contributed by atoms with Crippen LogP contribution in [0.25, 0.3) is 17.0 Å². The maximum atomic E-state index is 14.2. The number of methoxy groups -OCH3 is 1. The highest BCUT2D eigenvalue weighted by molar-refractivity contribution is 5.84. The Hall–Kier alpha value is -4.66. The summed E-state index contributed by atoms with van der Waals surface area (Å²) >= 11 is 0. The second kappa shape index (κ2) is 11.4. The van der Waals surface area contributed by atoms with Gasteiger partial charge in [0.15, 0.2) is 5.82 Å². The second-order valence-corrected chi connectivity index (χ2v) is 9.98. The molecule has 0 saturated carbocycles. The minimum Gasteiger partial charge on any atom is -0.494 e. The zero-order valence-corrected chi connectivity index (χ0v) is 22.9. The Bertz CT molecular complexity index is 1530. The number of anilines is 4. The monoisotopic (exact) mass is 569 g/mol. The van der Waals surface area contributed by atoms with E-state index in [-0.39, 0.29) is 29.2 Å². The van der Waals surface area contributed by atoms with E-state index in [2.05, 4.69) is 35.6 Å². The van der Waals surface area contributed by atoms with Crippen molar-refractivity contribution in [3.63, 3.8) is 0 Å². The molecule has 41 heavy (non-hydrogen) atoms. The fourth-order valence-corrected chi connectivity index (χ4v) is 4.11. The number of rotatable bonds is 7. The number of carbonyl (C=O) groups excluding carboxylic acids is 1. The van der Waals surface area contributed by atoms with Crippen molar-refractivity contribution >= 4 is 40.5 Å². The van der Waals surface area contributed by atoms with Gasteiger partial charge in [-0.05, 0) is 45.0 Å². The average Bonchev–Trinajstić information content (AvgIpc) is 3.34. The number of halogens is 2. The number of para-hydroxylation sites is 1. The fourth-order valence-electron chi connectivity index (χ4n) is 4.11. The zero-order chi connectivity index (χ0) is 29.1. The van der Waals surface area contributed by atoms with Crippen LogP contribution in [0.4, 0.5) is 37.0 Å². The van der Waals surface area contributed by atoms with Crippen molar-refractivity contribution in [2.75, 3.05) is 48.9 Å². The Morgan fingerprint density at radius 2 is 1.80 bits per heavy atom. The number of nitrogens with zero attached hydrogens (tertiary/aromatic N) is 7. The van der Waals surface area contributed by atoms with Gasteiger partial charge in [-0.25, -0.2) is 23.5 Å². The maximum absolute atomic E-state index is 14.2. The van der Waals surface area contributed by atoms with Gasteiger partial charge in [0.1, 0.15) is 22.7 Å².